The molecule has 1 aromatic carbocycles. The third-order valence-electron chi connectivity index (χ3n) is 3.87. The van der Waals surface area contributed by atoms with Gasteiger partial charge in [-0.25, -0.2) is 0 Å². The SMILES string of the molecule is CCCN(c1ccc(N)cc1)C(C)C(=O)NC(CC)CC. The third kappa shape index (κ3) is 4.96. The second-order valence-electron chi connectivity index (χ2n) is 5.48. The molecule has 0 aromatic heterocycles. The van der Waals surface area contributed by atoms with E-state index in [9.17, 15) is 4.79 Å². The number of amides is 1. The first-order chi connectivity index (χ1) is 10.0. The topological polar surface area (TPSA) is 58.4 Å². The lowest BCUT2D eigenvalue weighted by atomic mass is 10.1. The maximum absolute atomic E-state index is 12.5. The average Bonchev–Trinajstić information content (AvgIpc) is 2.50. The minimum atomic E-state index is -0.186. The Labute approximate surface area is 128 Å². The van der Waals surface area contributed by atoms with Crippen LogP contribution in [-0.2, 0) is 4.79 Å². The molecule has 0 radical (unpaired) electrons. The summed E-state index contributed by atoms with van der Waals surface area (Å²) >= 11 is 0. The molecule has 1 amide bonds. The Morgan fingerprint density at radius 1 is 1.19 bits per heavy atom. The van der Waals surface area contributed by atoms with E-state index in [0.717, 1.165) is 37.2 Å². The van der Waals surface area contributed by atoms with Crippen molar-refractivity contribution in [1.82, 2.24) is 5.32 Å². The van der Waals surface area contributed by atoms with Crippen LogP contribution in [0.3, 0.4) is 0 Å². The van der Waals surface area contributed by atoms with Gasteiger partial charge in [0.15, 0.2) is 0 Å². The molecule has 118 valence electrons. The summed E-state index contributed by atoms with van der Waals surface area (Å²) in [7, 11) is 0. The largest absolute Gasteiger partial charge is 0.399 e. The molecule has 1 unspecified atom stereocenters. The normalized spacial score (nSPS) is 12.2. The minimum Gasteiger partial charge on any atom is -0.399 e. The minimum absolute atomic E-state index is 0.0916. The van der Waals surface area contributed by atoms with Crippen molar-refractivity contribution < 1.29 is 4.79 Å². The van der Waals surface area contributed by atoms with Gasteiger partial charge in [0.2, 0.25) is 5.91 Å². The van der Waals surface area contributed by atoms with Crippen LogP contribution >= 0.6 is 0 Å². The van der Waals surface area contributed by atoms with Gasteiger partial charge in [0.1, 0.15) is 6.04 Å². The monoisotopic (exact) mass is 291 g/mol. The van der Waals surface area contributed by atoms with Crippen LogP contribution in [0.4, 0.5) is 11.4 Å². The van der Waals surface area contributed by atoms with Crippen LogP contribution in [0.25, 0.3) is 0 Å². The molecular formula is C17H29N3O. The van der Waals surface area contributed by atoms with Crippen molar-refractivity contribution >= 4 is 17.3 Å². The Kier molecular flexibility index (Phi) is 7.06. The highest BCUT2D eigenvalue weighted by atomic mass is 16.2. The molecule has 0 aliphatic carbocycles. The maximum atomic E-state index is 12.5. The van der Waals surface area contributed by atoms with Crippen molar-refractivity contribution in [1.29, 1.82) is 0 Å². The molecule has 0 saturated heterocycles. The first-order valence-electron chi connectivity index (χ1n) is 7.95. The highest BCUT2D eigenvalue weighted by Gasteiger charge is 2.22. The fourth-order valence-corrected chi connectivity index (χ4v) is 2.41. The van der Waals surface area contributed by atoms with Crippen LogP contribution in [0.2, 0.25) is 0 Å². The molecule has 0 bridgehead atoms. The summed E-state index contributed by atoms with van der Waals surface area (Å²) in [6.45, 7) is 9.13. The molecule has 0 saturated carbocycles. The number of anilines is 2. The summed E-state index contributed by atoms with van der Waals surface area (Å²) in [6.07, 6.45) is 2.92. The molecule has 1 rings (SSSR count). The fourth-order valence-electron chi connectivity index (χ4n) is 2.41. The van der Waals surface area contributed by atoms with Crippen LogP contribution in [0.1, 0.15) is 47.0 Å². The van der Waals surface area contributed by atoms with Gasteiger partial charge in [-0.05, 0) is 50.5 Å². The number of nitrogens with one attached hydrogen (secondary N) is 1. The number of nitrogens with two attached hydrogens (primary N) is 1. The molecule has 4 heteroatoms. The molecule has 21 heavy (non-hydrogen) atoms. The van der Waals surface area contributed by atoms with Crippen LogP contribution in [0.15, 0.2) is 24.3 Å². The molecule has 0 aliphatic rings. The quantitative estimate of drug-likeness (QED) is 0.723. The zero-order chi connectivity index (χ0) is 15.8. The van der Waals surface area contributed by atoms with E-state index in [1.54, 1.807) is 0 Å². The molecule has 0 heterocycles. The van der Waals surface area contributed by atoms with Crippen molar-refractivity contribution in [3.63, 3.8) is 0 Å². The summed E-state index contributed by atoms with van der Waals surface area (Å²) < 4.78 is 0. The Bertz CT molecular complexity index is 426. The Morgan fingerprint density at radius 2 is 1.76 bits per heavy atom. The number of nitrogens with zero attached hydrogens (tertiary/aromatic N) is 1. The number of rotatable bonds is 8. The van der Waals surface area contributed by atoms with Crippen molar-refractivity contribution in [2.75, 3.05) is 17.2 Å². The van der Waals surface area contributed by atoms with Gasteiger partial charge in [-0.2, -0.15) is 0 Å². The van der Waals surface area contributed by atoms with E-state index in [2.05, 4.69) is 31.0 Å². The number of hydrogen-bond acceptors (Lipinski definition) is 3. The van der Waals surface area contributed by atoms with Crippen LogP contribution in [-0.4, -0.2) is 24.5 Å². The lowest BCUT2D eigenvalue weighted by Gasteiger charge is -2.31. The Hall–Kier alpha value is -1.71. The van der Waals surface area contributed by atoms with E-state index < -0.39 is 0 Å². The van der Waals surface area contributed by atoms with Crippen molar-refractivity contribution in [2.24, 2.45) is 0 Å². The van der Waals surface area contributed by atoms with E-state index in [-0.39, 0.29) is 18.0 Å². The molecule has 3 N–H and O–H groups in total. The molecule has 4 nitrogen and oxygen atoms in total. The van der Waals surface area contributed by atoms with Gasteiger partial charge in [0.25, 0.3) is 0 Å². The fraction of sp³-hybridized carbons (Fsp3) is 0.588. The number of hydrogen-bond donors (Lipinski definition) is 2. The molecule has 0 spiro atoms. The summed E-state index contributed by atoms with van der Waals surface area (Å²) in [6, 6.07) is 7.79. The molecule has 0 fully saturated rings. The lowest BCUT2D eigenvalue weighted by molar-refractivity contribution is -0.122. The van der Waals surface area contributed by atoms with Gasteiger partial charge in [-0.3, -0.25) is 4.79 Å². The molecular weight excluding hydrogens is 262 g/mol. The predicted octanol–water partition coefficient (Wildman–Crippen LogP) is 3.18. The van der Waals surface area contributed by atoms with E-state index in [0.29, 0.717) is 0 Å². The van der Waals surface area contributed by atoms with Crippen LogP contribution < -0.4 is 16.0 Å². The summed E-state index contributed by atoms with van der Waals surface area (Å²) in [5, 5.41) is 3.13. The van der Waals surface area contributed by atoms with E-state index >= 15 is 0 Å². The average molecular weight is 291 g/mol. The Balaban J connectivity index is 2.83. The standard InChI is InChI=1S/C17H29N3O/c1-5-12-20(16-10-8-14(18)9-11-16)13(4)17(21)19-15(6-2)7-3/h8-11,13,15H,5-7,12,18H2,1-4H3,(H,19,21). The van der Waals surface area contributed by atoms with Gasteiger partial charge in [0.05, 0.1) is 0 Å². The first kappa shape index (κ1) is 17.3. The van der Waals surface area contributed by atoms with Gasteiger partial charge in [-0.1, -0.05) is 20.8 Å². The van der Waals surface area contributed by atoms with Crippen molar-refractivity contribution in [3.05, 3.63) is 24.3 Å². The number of carbonyl (C=O) groups excluding carboxylic acids is 1. The second-order valence-corrected chi connectivity index (χ2v) is 5.48. The molecule has 0 aliphatic heterocycles. The van der Waals surface area contributed by atoms with E-state index in [1.165, 1.54) is 0 Å². The Morgan fingerprint density at radius 3 is 2.24 bits per heavy atom. The molecule has 1 atom stereocenters. The van der Waals surface area contributed by atoms with Crippen molar-refractivity contribution in [3.8, 4) is 0 Å². The number of benzene rings is 1. The number of nitrogen functional groups attached to an aromatic ring is 1. The smallest absolute Gasteiger partial charge is 0.242 e. The van der Waals surface area contributed by atoms with Crippen LogP contribution in [0, 0.1) is 0 Å². The van der Waals surface area contributed by atoms with E-state index in [1.807, 2.05) is 31.2 Å². The first-order valence-corrected chi connectivity index (χ1v) is 7.95. The highest BCUT2D eigenvalue weighted by molar-refractivity contribution is 5.85. The van der Waals surface area contributed by atoms with Gasteiger partial charge in [-0.15, -0.1) is 0 Å². The van der Waals surface area contributed by atoms with Crippen molar-refractivity contribution in [2.45, 2.75) is 59.0 Å². The second kappa shape index (κ2) is 8.55. The highest BCUT2D eigenvalue weighted by Crippen LogP contribution is 2.19. The third-order valence-corrected chi connectivity index (χ3v) is 3.87. The van der Waals surface area contributed by atoms with Crippen LogP contribution in [0.5, 0.6) is 0 Å². The lowest BCUT2D eigenvalue weighted by Crippen LogP contribution is -2.48. The summed E-state index contributed by atoms with van der Waals surface area (Å²) in [4.78, 5) is 14.6. The van der Waals surface area contributed by atoms with Gasteiger partial charge < -0.3 is 16.0 Å². The summed E-state index contributed by atoms with van der Waals surface area (Å²) in [5.41, 5.74) is 7.52. The predicted molar refractivity (Wildman–Crippen MR) is 90.5 cm³/mol. The zero-order valence-corrected chi connectivity index (χ0v) is 13.7. The number of carbonyl (C=O) groups is 1. The summed E-state index contributed by atoms with van der Waals surface area (Å²) in [5.74, 6) is 0.0916. The van der Waals surface area contributed by atoms with Gasteiger partial charge >= 0.3 is 0 Å². The molecule has 1 aromatic rings. The van der Waals surface area contributed by atoms with Gasteiger partial charge in [0, 0.05) is 24.0 Å². The zero-order valence-electron chi connectivity index (χ0n) is 13.7. The van der Waals surface area contributed by atoms with E-state index in [4.69, 9.17) is 5.73 Å². The maximum Gasteiger partial charge on any atom is 0.242 e.